The molecule has 0 radical (unpaired) electrons. The molecule has 0 aliphatic rings. The van der Waals surface area contributed by atoms with Crippen molar-refractivity contribution in [3.8, 4) is 11.4 Å². The maximum atomic E-state index is 13.3. The lowest BCUT2D eigenvalue weighted by atomic mass is 10.1. The number of alkyl halides is 3. The van der Waals surface area contributed by atoms with Crippen LogP contribution in [0.25, 0.3) is 11.4 Å². The summed E-state index contributed by atoms with van der Waals surface area (Å²) in [6, 6.07) is 6.26. The topological polar surface area (TPSA) is 41.9 Å². The Morgan fingerprint density at radius 2 is 2.04 bits per heavy atom. The van der Waals surface area contributed by atoms with E-state index in [1.807, 2.05) is 23.8 Å². The third-order valence-corrected chi connectivity index (χ3v) is 4.79. The van der Waals surface area contributed by atoms with Gasteiger partial charge in [-0.3, -0.25) is 4.98 Å². The van der Waals surface area contributed by atoms with Gasteiger partial charge in [-0.1, -0.05) is 0 Å². The second-order valence-corrected chi connectivity index (χ2v) is 6.75. The molecule has 0 saturated heterocycles. The Labute approximate surface area is 153 Å². The highest BCUT2D eigenvalue weighted by molar-refractivity contribution is 7.07. The van der Waals surface area contributed by atoms with Gasteiger partial charge in [0.1, 0.15) is 5.82 Å². The van der Waals surface area contributed by atoms with Crippen LogP contribution in [0.4, 0.5) is 19.0 Å². The fourth-order valence-corrected chi connectivity index (χ4v) is 3.18. The number of hydrogen-bond donors (Lipinski definition) is 0. The SMILES string of the molecule is CC(Cc1ccsc1)N(C)c1cc(C(F)(F)F)nc(-c2cccnc2)n1. The van der Waals surface area contributed by atoms with E-state index in [-0.39, 0.29) is 17.7 Å². The quantitative estimate of drug-likeness (QED) is 0.646. The summed E-state index contributed by atoms with van der Waals surface area (Å²) in [5.74, 6) is 0.242. The number of pyridine rings is 1. The molecule has 1 unspecified atom stereocenters. The first-order chi connectivity index (χ1) is 12.3. The molecule has 3 rings (SSSR count). The molecule has 0 fully saturated rings. The Bertz CT molecular complexity index is 851. The van der Waals surface area contributed by atoms with Crippen molar-refractivity contribution in [1.29, 1.82) is 0 Å². The average molecular weight is 378 g/mol. The van der Waals surface area contributed by atoms with Gasteiger partial charge in [-0.25, -0.2) is 9.97 Å². The molecule has 3 aromatic rings. The smallest absolute Gasteiger partial charge is 0.357 e. The van der Waals surface area contributed by atoms with E-state index >= 15 is 0 Å². The van der Waals surface area contributed by atoms with Gasteiger partial charge in [0.15, 0.2) is 11.5 Å². The second kappa shape index (κ2) is 7.41. The summed E-state index contributed by atoms with van der Waals surface area (Å²) in [4.78, 5) is 13.7. The zero-order valence-electron chi connectivity index (χ0n) is 14.2. The summed E-state index contributed by atoms with van der Waals surface area (Å²) in [5.41, 5.74) is 0.626. The van der Waals surface area contributed by atoms with E-state index in [0.29, 0.717) is 12.0 Å². The highest BCUT2D eigenvalue weighted by Gasteiger charge is 2.34. The summed E-state index contributed by atoms with van der Waals surface area (Å²) in [6.45, 7) is 1.96. The minimum Gasteiger partial charge on any atom is -0.357 e. The van der Waals surface area contributed by atoms with Gasteiger partial charge < -0.3 is 4.90 Å². The van der Waals surface area contributed by atoms with Crippen LogP contribution in [0.15, 0.2) is 47.4 Å². The molecular weight excluding hydrogens is 361 g/mol. The normalized spacial score (nSPS) is 12.8. The van der Waals surface area contributed by atoms with E-state index in [1.54, 1.807) is 41.6 Å². The molecule has 1 atom stereocenters. The van der Waals surface area contributed by atoms with Crippen molar-refractivity contribution in [2.45, 2.75) is 25.6 Å². The van der Waals surface area contributed by atoms with Crippen LogP contribution in [0, 0.1) is 0 Å². The Morgan fingerprint density at radius 1 is 1.23 bits per heavy atom. The van der Waals surface area contributed by atoms with Crippen LogP contribution < -0.4 is 4.90 Å². The van der Waals surface area contributed by atoms with Crippen LogP contribution in [0.2, 0.25) is 0 Å². The third kappa shape index (κ3) is 4.19. The Balaban J connectivity index is 1.97. The summed E-state index contributed by atoms with van der Waals surface area (Å²) < 4.78 is 39.9. The molecule has 0 spiro atoms. The largest absolute Gasteiger partial charge is 0.433 e. The van der Waals surface area contributed by atoms with Gasteiger partial charge in [0.05, 0.1) is 0 Å². The number of thiophene rings is 1. The van der Waals surface area contributed by atoms with E-state index in [4.69, 9.17) is 0 Å². The van der Waals surface area contributed by atoms with Gasteiger partial charge in [-0.05, 0) is 47.9 Å². The lowest BCUT2D eigenvalue weighted by Gasteiger charge is -2.26. The van der Waals surface area contributed by atoms with E-state index in [2.05, 4.69) is 15.0 Å². The van der Waals surface area contributed by atoms with Crippen LogP contribution in [0.1, 0.15) is 18.2 Å². The van der Waals surface area contributed by atoms with E-state index in [1.165, 1.54) is 6.20 Å². The number of aromatic nitrogens is 3. The summed E-state index contributed by atoms with van der Waals surface area (Å²) >= 11 is 1.59. The van der Waals surface area contributed by atoms with Gasteiger partial charge in [0.2, 0.25) is 0 Å². The van der Waals surface area contributed by atoms with Crippen molar-refractivity contribution in [2.75, 3.05) is 11.9 Å². The predicted octanol–water partition coefficient (Wildman–Crippen LogP) is 4.69. The third-order valence-electron chi connectivity index (χ3n) is 4.06. The van der Waals surface area contributed by atoms with Crippen LogP contribution >= 0.6 is 11.3 Å². The fraction of sp³-hybridized carbons (Fsp3) is 0.278. The second-order valence-electron chi connectivity index (χ2n) is 5.97. The van der Waals surface area contributed by atoms with Gasteiger partial charge >= 0.3 is 6.18 Å². The molecule has 3 aromatic heterocycles. The molecule has 26 heavy (non-hydrogen) atoms. The number of hydrogen-bond acceptors (Lipinski definition) is 5. The van der Waals surface area contributed by atoms with Crippen LogP contribution in [0.5, 0.6) is 0 Å². The molecule has 0 aliphatic carbocycles. The van der Waals surface area contributed by atoms with Gasteiger partial charge in [0.25, 0.3) is 0 Å². The zero-order valence-corrected chi connectivity index (χ0v) is 15.1. The first-order valence-corrected chi connectivity index (χ1v) is 8.89. The van der Waals surface area contributed by atoms with Crippen molar-refractivity contribution in [3.63, 3.8) is 0 Å². The van der Waals surface area contributed by atoms with Crippen molar-refractivity contribution in [3.05, 3.63) is 58.7 Å². The standard InChI is InChI=1S/C18H17F3N4S/c1-12(8-13-5-7-26-11-13)25(2)16-9-15(18(19,20)21)23-17(24-16)14-4-3-6-22-10-14/h3-7,9-12H,8H2,1-2H3. The summed E-state index contributed by atoms with van der Waals surface area (Å²) in [6.07, 6.45) is -0.833. The molecule has 136 valence electrons. The number of likely N-dealkylation sites (N-methyl/N-ethyl adjacent to an activating group) is 1. The summed E-state index contributed by atoms with van der Waals surface area (Å²) in [5, 5.41) is 4.02. The van der Waals surface area contributed by atoms with Gasteiger partial charge in [0, 0.05) is 37.1 Å². The number of rotatable bonds is 5. The Kier molecular flexibility index (Phi) is 5.22. The lowest BCUT2D eigenvalue weighted by Crippen LogP contribution is -2.32. The molecule has 8 heteroatoms. The highest BCUT2D eigenvalue weighted by atomic mass is 32.1. The molecular formula is C18H17F3N4S. The van der Waals surface area contributed by atoms with Crippen molar-refractivity contribution >= 4 is 17.2 Å². The molecule has 3 heterocycles. The van der Waals surface area contributed by atoms with Crippen LogP contribution in [-0.2, 0) is 12.6 Å². The zero-order chi connectivity index (χ0) is 18.7. The Morgan fingerprint density at radius 3 is 2.65 bits per heavy atom. The number of anilines is 1. The maximum absolute atomic E-state index is 13.3. The van der Waals surface area contributed by atoms with Crippen LogP contribution in [-0.4, -0.2) is 28.0 Å². The van der Waals surface area contributed by atoms with E-state index < -0.39 is 11.9 Å². The molecule has 0 aromatic carbocycles. The molecule has 0 saturated carbocycles. The highest BCUT2D eigenvalue weighted by Crippen LogP contribution is 2.32. The lowest BCUT2D eigenvalue weighted by molar-refractivity contribution is -0.141. The van der Waals surface area contributed by atoms with E-state index in [9.17, 15) is 13.2 Å². The number of halogens is 3. The summed E-state index contributed by atoms with van der Waals surface area (Å²) in [7, 11) is 1.74. The fourth-order valence-electron chi connectivity index (χ4n) is 2.50. The monoisotopic (exact) mass is 378 g/mol. The van der Waals surface area contributed by atoms with Crippen LogP contribution in [0.3, 0.4) is 0 Å². The predicted molar refractivity (Wildman–Crippen MR) is 96.2 cm³/mol. The number of nitrogens with zero attached hydrogens (tertiary/aromatic N) is 4. The first-order valence-electron chi connectivity index (χ1n) is 7.95. The Hall–Kier alpha value is -2.48. The molecule has 0 aliphatic heterocycles. The molecule has 0 N–H and O–H groups in total. The van der Waals surface area contributed by atoms with Gasteiger partial charge in [-0.15, -0.1) is 0 Å². The molecule has 4 nitrogen and oxygen atoms in total. The van der Waals surface area contributed by atoms with Crippen molar-refractivity contribution < 1.29 is 13.2 Å². The maximum Gasteiger partial charge on any atom is 0.433 e. The van der Waals surface area contributed by atoms with Crippen molar-refractivity contribution in [1.82, 2.24) is 15.0 Å². The molecule has 0 amide bonds. The average Bonchev–Trinajstić information content (AvgIpc) is 3.13. The van der Waals surface area contributed by atoms with Gasteiger partial charge in [-0.2, -0.15) is 24.5 Å². The van der Waals surface area contributed by atoms with E-state index in [0.717, 1.165) is 11.6 Å². The minimum absolute atomic E-state index is 0.0116. The van der Waals surface area contributed by atoms with Crippen molar-refractivity contribution in [2.24, 2.45) is 0 Å². The minimum atomic E-state index is -4.55. The first kappa shape index (κ1) is 18.3. The molecule has 0 bridgehead atoms.